The Bertz CT molecular complexity index is 548. The molecular weight excluding hydrogens is 250 g/mol. The topological polar surface area (TPSA) is 59.1 Å². The van der Waals surface area contributed by atoms with Crippen molar-refractivity contribution in [3.8, 4) is 0 Å². The molecule has 0 bridgehead atoms. The number of hydrogen-bond acceptors (Lipinski definition) is 3. The van der Waals surface area contributed by atoms with E-state index in [1.807, 2.05) is 0 Å². The minimum absolute atomic E-state index is 0.0775. The third-order valence-corrected chi connectivity index (χ3v) is 3.00. The first-order valence-corrected chi connectivity index (χ1v) is 5.88. The number of rotatable bonds is 4. The van der Waals surface area contributed by atoms with Crippen LogP contribution in [0.2, 0.25) is 0 Å². The minimum atomic E-state index is -1.24. The van der Waals surface area contributed by atoms with E-state index >= 15 is 0 Å². The van der Waals surface area contributed by atoms with Gasteiger partial charge in [-0.05, 0) is 18.2 Å². The SMILES string of the molecule is NCC(c1ccccn1)C(O)c1cccc(F)c1F. The maximum Gasteiger partial charge on any atom is 0.164 e. The Hall–Kier alpha value is -1.85. The summed E-state index contributed by atoms with van der Waals surface area (Å²) in [5.74, 6) is -2.63. The van der Waals surface area contributed by atoms with Crippen LogP contribution in [0.3, 0.4) is 0 Å². The lowest BCUT2D eigenvalue weighted by Crippen LogP contribution is -2.22. The Morgan fingerprint density at radius 3 is 2.58 bits per heavy atom. The Kier molecular flexibility index (Phi) is 4.19. The van der Waals surface area contributed by atoms with Crippen molar-refractivity contribution in [3.05, 3.63) is 65.5 Å². The molecule has 2 rings (SSSR count). The van der Waals surface area contributed by atoms with Crippen molar-refractivity contribution in [2.45, 2.75) is 12.0 Å². The van der Waals surface area contributed by atoms with Crippen LogP contribution in [0, 0.1) is 11.6 Å². The molecule has 1 aromatic heterocycles. The van der Waals surface area contributed by atoms with Crippen molar-refractivity contribution in [1.29, 1.82) is 0 Å². The molecule has 3 nitrogen and oxygen atoms in total. The van der Waals surface area contributed by atoms with Gasteiger partial charge in [0.25, 0.3) is 0 Å². The Morgan fingerprint density at radius 2 is 1.95 bits per heavy atom. The van der Waals surface area contributed by atoms with Gasteiger partial charge in [0.15, 0.2) is 11.6 Å². The average molecular weight is 264 g/mol. The first-order valence-electron chi connectivity index (χ1n) is 5.88. The lowest BCUT2D eigenvalue weighted by Gasteiger charge is -2.21. The van der Waals surface area contributed by atoms with Crippen LogP contribution >= 0.6 is 0 Å². The van der Waals surface area contributed by atoms with Crippen molar-refractivity contribution < 1.29 is 13.9 Å². The molecule has 0 saturated heterocycles. The first kappa shape index (κ1) is 13.6. The van der Waals surface area contributed by atoms with E-state index in [1.54, 1.807) is 24.4 Å². The molecule has 19 heavy (non-hydrogen) atoms. The molecule has 2 atom stereocenters. The second-order valence-electron chi connectivity index (χ2n) is 4.18. The number of pyridine rings is 1. The molecule has 100 valence electrons. The summed E-state index contributed by atoms with van der Waals surface area (Å²) in [6.45, 7) is 0.0775. The van der Waals surface area contributed by atoms with Crippen LogP contribution < -0.4 is 5.73 Å². The number of aliphatic hydroxyl groups is 1. The van der Waals surface area contributed by atoms with E-state index in [2.05, 4.69) is 4.98 Å². The van der Waals surface area contributed by atoms with E-state index < -0.39 is 23.7 Å². The molecule has 0 aliphatic carbocycles. The van der Waals surface area contributed by atoms with Gasteiger partial charge < -0.3 is 10.8 Å². The number of benzene rings is 1. The standard InChI is InChI=1S/C14H14F2N2O/c15-11-5-3-4-9(13(11)16)14(19)10(8-17)12-6-1-2-7-18-12/h1-7,10,14,19H,8,17H2. The lowest BCUT2D eigenvalue weighted by atomic mass is 9.92. The highest BCUT2D eigenvalue weighted by Crippen LogP contribution is 2.31. The monoisotopic (exact) mass is 264 g/mol. The highest BCUT2D eigenvalue weighted by molar-refractivity contribution is 5.25. The summed E-state index contributed by atoms with van der Waals surface area (Å²) in [5.41, 5.74) is 6.05. The van der Waals surface area contributed by atoms with Gasteiger partial charge >= 0.3 is 0 Å². The summed E-state index contributed by atoms with van der Waals surface area (Å²) in [4.78, 5) is 4.09. The molecule has 0 saturated carbocycles. The summed E-state index contributed by atoms with van der Waals surface area (Å²) < 4.78 is 26.8. The number of aliphatic hydroxyl groups excluding tert-OH is 1. The maximum atomic E-state index is 13.7. The van der Waals surface area contributed by atoms with Crippen molar-refractivity contribution in [2.24, 2.45) is 5.73 Å². The van der Waals surface area contributed by atoms with Gasteiger partial charge in [0.05, 0.1) is 6.10 Å². The fourth-order valence-corrected chi connectivity index (χ4v) is 1.97. The van der Waals surface area contributed by atoms with Crippen molar-refractivity contribution in [1.82, 2.24) is 4.98 Å². The lowest BCUT2D eigenvalue weighted by molar-refractivity contribution is 0.140. The second-order valence-corrected chi connectivity index (χ2v) is 4.18. The molecule has 0 amide bonds. The number of nitrogens with two attached hydrogens (primary N) is 1. The molecule has 5 heteroatoms. The zero-order chi connectivity index (χ0) is 13.8. The van der Waals surface area contributed by atoms with E-state index in [0.717, 1.165) is 6.07 Å². The van der Waals surface area contributed by atoms with Crippen LogP contribution in [0.15, 0.2) is 42.6 Å². The van der Waals surface area contributed by atoms with Gasteiger partial charge in [-0.3, -0.25) is 4.98 Å². The van der Waals surface area contributed by atoms with Crippen LogP contribution in [-0.2, 0) is 0 Å². The van der Waals surface area contributed by atoms with Crippen LogP contribution in [0.4, 0.5) is 8.78 Å². The molecule has 3 N–H and O–H groups in total. The van der Waals surface area contributed by atoms with E-state index in [9.17, 15) is 13.9 Å². The molecule has 0 spiro atoms. The molecule has 2 unspecified atom stereocenters. The van der Waals surface area contributed by atoms with Gasteiger partial charge in [-0.15, -0.1) is 0 Å². The maximum absolute atomic E-state index is 13.7. The van der Waals surface area contributed by atoms with Crippen molar-refractivity contribution in [2.75, 3.05) is 6.54 Å². The van der Waals surface area contributed by atoms with Crippen molar-refractivity contribution >= 4 is 0 Å². The molecular formula is C14H14F2N2O. The summed E-state index contributed by atoms with van der Waals surface area (Å²) in [7, 11) is 0. The van der Waals surface area contributed by atoms with E-state index in [4.69, 9.17) is 5.73 Å². The fraction of sp³-hybridized carbons (Fsp3) is 0.214. The third-order valence-electron chi connectivity index (χ3n) is 3.00. The average Bonchev–Trinajstić information content (AvgIpc) is 2.44. The minimum Gasteiger partial charge on any atom is -0.388 e. The number of aromatic nitrogens is 1. The zero-order valence-electron chi connectivity index (χ0n) is 10.1. The summed E-state index contributed by atoms with van der Waals surface area (Å²) in [5, 5.41) is 10.2. The van der Waals surface area contributed by atoms with Crippen LogP contribution in [0.1, 0.15) is 23.3 Å². The van der Waals surface area contributed by atoms with Crippen LogP contribution in [-0.4, -0.2) is 16.6 Å². The molecule has 0 radical (unpaired) electrons. The molecule has 0 aliphatic heterocycles. The van der Waals surface area contributed by atoms with Gasteiger partial charge in [0.2, 0.25) is 0 Å². The number of halogens is 2. The number of hydrogen-bond donors (Lipinski definition) is 2. The van der Waals surface area contributed by atoms with Gasteiger partial charge in [-0.1, -0.05) is 18.2 Å². The summed E-state index contributed by atoms with van der Waals surface area (Å²) >= 11 is 0. The van der Waals surface area contributed by atoms with E-state index in [0.29, 0.717) is 5.69 Å². The summed E-state index contributed by atoms with van der Waals surface area (Å²) in [6, 6.07) is 8.87. The quantitative estimate of drug-likeness (QED) is 0.889. The zero-order valence-corrected chi connectivity index (χ0v) is 10.1. The molecule has 0 aliphatic rings. The van der Waals surface area contributed by atoms with Gasteiger partial charge in [-0.2, -0.15) is 0 Å². The van der Waals surface area contributed by atoms with E-state index in [1.165, 1.54) is 12.1 Å². The second kappa shape index (κ2) is 5.86. The smallest absolute Gasteiger partial charge is 0.164 e. The molecule has 1 heterocycles. The van der Waals surface area contributed by atoms with Gasteiger partial charge in [-0.25, -0.2) is 8.78 Å². The highest BCUT2D eigenvalue weighted by atomic mass is 19.2. The highest BCUT2D eigenvalue weighted by Gasteiger charge is 2.26. The predicted octanol–water partition coefficient (Wildman–Crippen LogP) is 2.14. The largest absolute Gasteiger partial charge is 0.388 e. The van der Waals surface area contributed by atoms with Gasteiger partial charge in [0.1, 0.15) is 0 Å². The summed E-state index contributed by atoms with van der Waals surface area (Å²) in [6.07, 6.45) is 0.322. The predicted molar refractivity (Wildman–Crippen MR) is 67.4 cm³/mol. The van der Waals surface area contributed by atoms with Crippen LogP contribution in [0.5, 0.6) is 0 Å². The normalized spacial score (nSPS) is 14.1. The van der Waals surface area contributed by atoms with Crippen molar-refractivity contribution in [3.63, 3.8) is 0 Å². The Labute approximate surface area is 109 Å². The first-order chi connectivity index (χ1) is 9.15. The molecule has 2 aromatic rings. The molecule has 1 aromatic carbocycles. The molecule has 0 fully saturated rings. The Balaban J connectivity index is 2.36. The Morgan fingerprint density at radius 1 is 1.16 bits per heavy atom. The van der Waals surface area contributed by atoms with Crippen LogP contribution in [0.25, 0.3) is 0 Å². The number of nitrogens with zero attached hydrogens (tertiary/aromatic N) is 1. The third kappa shape index (κ3) is 2.77. The van der Waals surface area contributed by atoms with E-state index in [-0.39, 0.29) is 12.1 Å². The fourth-order valence-electron chi connectivity index (χ4n) is 1.97. The van der Waals surface area contributed by atoms with Gasteiger partial charge in [0, 0.05) is 29.9 Å².